The Hall–Kier alpha value is -3.39. The largest absolute Gasteiger partial charge is 0.493 e. The normalized spacial score (nSPS) is 15.5. The molecule has 34 heavy (non-hydrogen) atoms. The number of hydrogen-bond acceptors (Lipinski definition) is 6. The maximum Gasteiger partial charge on any atom is 0.414 e. The molecule has 184 valence electrons. The van der Waals surface area contributed by atoms with Gasteiger partial charge >= 0.3 is 11.9 Å². The molecule has 1 fully saturated rings. The smallest absolute Gasteiger partial charge is 0.414 e. The number of carbonyl (C=O) groups is 2. The van der Waals surface area contributed by atoms with E-state index < -0.39 is 11.9 Å². The molecule has 1 saturated heterocycles. The Balaban J connectivity index is 0.000000604. The lowest BCUT2D eigenvalue weighted by Crippen LogP contribution is -2.34. The summed E-state index contributed by atoms with van der Waals surface area (Å²) in [5, 5.41) is 14.8. The summed E-state index contributed by atoms with van der Waals surface area (Å²) in [7, 11) is 1.69. The Bertz CT molecular complexity index is 907. The van der Waals surface area contributed by atoms with Gasteiger partial charge in [-0.15, -0.1) is 6.58 Å². The summed E-state index contributed by atoms with van der Waals surface area (Å²) >= 11 is 0. The predicted octanol–water partition coefficient (Wildman–Crippen LogP) is 4.36. The van der Waals surface area contributed by atoms with E-state index in [1.807, 2.05) is 36.7 Å². The van der Waals surface area contributed by atoms with Crippen LogP contribution in [0, 0.1) is 0 Å². The molecular formula is C26H34N2O6. The number of methoxy groups -OCH3 is 1. The summed E-state index contributed by atoms with van der Waals surface area (Å²) < 4.78 is 11.5. The molecule has 0 spiro atoms. The zero-order valence-electron chi connectivity index (χ0n) is 19.7. The van der Waals surface area contributed by atoms with E-state index in [4.69, 9.17) is 29.3 Å². The molecule has 1 unspecified atom stereocenters. The van der Waals surface area contributed by atoms with Gasteiger partial charge in [0.2, 0.25) is 0 Å². The van der Waals surface area contributed by atoms with Crippen LogP contribution in [0.2, 0.25) is 0 Å². The Morgan fingerprint density at radius 3 is 2.62 bits per heavy atom. The molecule has 1 aromatic heterocycles. The van der Waals surface area contributed by atoms with Crippen molar-refractivity contribution in [2.75, 3.05) is 26.8 Å². The molecule has 2 aromatic rings. The van der Waals surface area contributed by atoms with E-state index in [2.05, 4.69) is 28.6 Å². The number of carboxylic acid groups (broad SMARTS) is 2. The molecule has 3 rings (SSSR count). The third-order valence-electron chi connectivity index (χ3n) is 5.57. The first-order valence-corrected chi connectivity index (χ1v) is 11.5. The van der Waals surface area contributed by atoms with E-state index in [0.29, 0.717) is 12.6 Å². The van der Waals surface area contributed by atoms with Crippen LogP contribution in [-0.2, 0) is 16.0 Å². The number of aromatic nitrogens is 1. The second-order valence-corrected chi connectivity index (χ2v) is 7.98. The summed E-state index contributed by atoms with van der Waals surface area (Å²) in [6.07, 6.45) is 12.6. The Kier molecular flexibility index (Phi) is 11.6. The fraction of sp³-hybridized carbons (Fsp3) is 0.423. The second kappa shape index (κ2) is 14.7. The van der Waals surface area contributed by atoms with Crippen molar-refractivity contribution >= 4 is 11.9 Å². The van der Waals surface area contributed by atoms with Crippen LogP contribution in [0.4, 0.5) is 0 Å². The van der Waals surface area contributed by atoms with E-state index in [1.54, 1.807) is 7.11 Å². The van der Waals surface area contributed by atoms with Gasteiger partial charge in [0.05, 0.1) is 13.7 Å². The van der Waals surface area contributed by atoms with Crippen LogP contribution in [0.5, 0.6) is 11.5 Å². The van der Waals surface area contributed by atoms with E-state index >= 15 is 0 Å². The van der Waals surface area contributed by atoms with Gasteiger partial charge in [-0.3, -0.25) is 9.88 Å². The predicted molar refractivity (Wildman–Crippen MR) is 129 cm³/mol. The first kappa shape index (κ1) is 26.9. The number of piperidine rings is 1. The Morgan fingerprint density at radius 1 is 1.18 bits per heavy atom. The SMILES string of the molecule is C=CCc1ccc(OCCCCN2CCCCC2c2cccnc2)c(OC)c1.O=C(O)C(=O)O. The number of benzene rings is 1. The van der Waals surface area contributed by atoms with Crippen LogP contribution in [0.3, 0.4) is 0 Å². The molecular weight excluding hydrogens is 436 g/mol. The molecule has 0 amide bonds. The highest BCUT2D eigenvalue weighted by molar-refractivity contribution is 6.27. The fourth-order valence-corrected chi connectivity index (χ4v) is 3.93. The van der Waals surface area contributed by atoms with Crippen molar-refractivity contribution in [1.82, 2.24) is 9.88 Å². The lowest BCUT2D eigenvalue weighted by molar-refractivity contribution is -0.159. The Labute approximate surface area is 200 Å². The van der Waals surface area contributed by atoms with Crippen molar-refractivity contribution in [3.8, 4) is 11.5 Å². The number of ether oxygens (including phenoxy) is 2. The van der Waals surface area contributed by atoms with Gasteiger partial charge in [0, 0.05) is 18.4 Å². The first-order valence-electron chi connectivity index (χ1n) is 11.5. The molecule has 8 nitrogen and oxygen atoms in total. The van der Waals surface area contributed by atoms with Gasteiger partial charge in [0.15, 0.2) is 11.5 Å². The maximum atomic E-state index is 9.10. The van der Waals surface area contributed by atoms with Crippen LogP contribution in [0.15, 0.2) is 55.4 Å². The number of hydrogen-bond donors (Lipinski definition) is 2. The minimum atomic E-state index is -1.82. The first-order chi connectivity index (χ1) is 16.5. The molecule has 0 radical (unpaired) electrons. The molecule has 0 bridgehead atoms. The lowest BCUT2D eigenvalue weighted by atomic mass is 9.96. The van der Waals surface area contributed by atoms with Gasteiger partial charge in [0.25, 0.3) is 0 Å². The van der Waals surface area contributed by atoms with E-state index in [9.17, 15) is 0 Å². The quantitative estimate of drug-likeness (QED) is 0.299. The number of aliphatic carboxylic acids is 2. The zero-order chi connectivity index (χ0) is 24.8. The molecule has 0 aliphatic carbocycles. The second-order valence-electron chi connectivity index (χ2n) is 7.98. The van der Waals surface area contributed by atoms with Gasteiger partial charge in [-0.1, -0.05) is 24.6 Å². The topological polar surface area (TPSA) is 109 Å². The molecule has 2 N–H and O–H groups in total. The van der Waals surface area contributed by atoms with Crippen LogP contribution in [-0.4, -0.2) is 58.8 Å². The zero-order valence-corrected chi connectivity index (χ0v) is 19.7. The minimum Gasteiger partial charge on any atom is -0.493 e. The summed E-state index contributed by atoms with van der Waals surface area (Å²) in [6, 6.07) is 10.9. The maximum absolute atomic E-state index is 9.10. The van der Waals surface area contributed by atoms with Gasteiger partial charge in [-0.2, -0.15) is 0 Å². The van der Waals surface area contributed by atoms with E-state index in [0.717, 1.165) is 37.3 Å². The molecule has 0 saturated carbocycles. The third kappa shape index (κ3) is 8.86. The number of rotatable bonds is 10. The molecule has 1 aliphatic heterocycles. The number of unbranched alkanes of at least 4 members (excludes halogenated alkanes) is 1. The number of likely N-dealkylation sites (tertiary alicyclic amines) is 1. The molecule has 2 heterocycles. The van der Waals surface area contributed by atoms with Gasteiger partial charge in [0.1, 0.15) is 0 Å². The summed E-state index contributed by atoms with van der Waals surface area (Å²) in [4.78, 5) is 25.1. The van der Waals surface area contributed by atoms with E-state index in [-0.39, 0.29) is 0 Å². The summed E-state index contributed by atoms with van der Waals surface area (Å²) in [6.45, 7) is 6.79. The number of pyridine rings is 1. The van der Waals surface area contributed by atoms with Gasteiger partial charge < -0.3 is 19.7 Å². The van der Waals surface area contributed by atoms with Crippen molar-refractivity contribution in [2.24, 2.45) is 0 Å². The fourth-order valence-electron chi connectivity index (χ4n) is 3.93. The number of allylic oxidation sites excluding steroid dienone is 1. The molecule has 1 aromatic carbocycles. The van der Waals surface area contributed by atoms with Crippen LogP contribution in [0.1, 0.15) is 49.3 Å². The standard InChI is InChI=1S/C24H32N2O2.C2H2O4/c1-3-9-20-12-13-23(24(18-20)27-2)28-17-7-6-16-26-15-5-4-11-22(26)21-10-8-14-25-19-21;3-1(4)2(5)6/h3,8,10,12-14,18-19,22H,1,4-7,9,11,15-17H2,2H3;(H,3,4)(H,5,6). The highest BCUT2D eigenvalue weighted by Gasteiger charge is 2.23. The van der Waals surface area contributed by atoms with Gasteiger partial charge in [-0.05, 0) is 74.5 Å². The lowest BCUT2D eigenvalue weighted by Gasteiger charge is -2.35. The number of carboxylic acids is 2. The van der Waals surface area contributed by atoms with Gasteiger partial charge in [-0.25, -0.2) is 9.59 Å². The molecule has 8 heteroatoms. The van der Waals surface area contributed by atoms with Crippen LogP contribution < -0.4 is 9.47 Å². The molecule has 1 atom stereocenters. The molecule has 1 aliphatic rings. The minimum absolute atomic E-state index is 0.515. The average Bonchev–Trinajstić information content (AvgIpc) is 2.85. The summed E-state index contributed by atoms with van der Waals surface area (Å²) in [5.74, 6) is -2.03. The highest BCUT2D eigenvalue weighted by atomic mass is 16.5. The third-order valence-corrected chi connectivity index (χ3v) is 5.57. The van der Waals surface area contributed by atoms with Crippen molar-refractivity contribution in [2.45, 2.75) is 44.6 Å². The summed E-state index contributed by atoms with van der Waals surface area (Å²) in [5.41, 5.74) is 2.54. The van der Waals surface area contributed by atoms with Crippen molar-refractivity contribution in [3.63, 3.8) is 0 Å². The van der Waals surface area contributed by atoms with Crippen LogP contribution in [0.25, 0.3) is 0 Å². The van der Waals surface area contributed by atoms with Crippen molar-refractivity contribution in [3.05, 3.63) is 66.5 Å². The monoisotopic (exact) mass is 470 g/mol. The van der Waals surface area contributed by atoms with Crippen molar-refractivity contribution < 1.29 is 29.3 Å². The Morgan fingerprint density at radius 2 is 1.97 bits per heavy atom. The van der Waals surface area contributed by atoms with Crippen molar-refractivity contribution in [1.29, 1.82) is 0 Å². The average molecular weight is 471 g/mol. The van der Waals surface area contributed by atoms with E-state index in [1.165, 1.54) is 36.9 Å². The highest BCUT2D eigenvalue weighted by Crippen LogP contribution is 2.31. The number of nitrogens with zero attached hydrogens (tertiary/aromatic N) is 2. The van der Waals surface area contributed by atoms with Crippen LogP contribution >= 0.6 is 0 Å².